The number of halogens is 1. The largest absolute Gasteiger partial charge is 0.396 e. The number of rotatable bonds is 9. The predicted molar refractivity (Wildman–Crippen MR) is 137 cm³/mol. The minimum absolute atomic E-state index is 0.0124. The molecule has 194 valence electrons. The lowest BCUT2D eigenvalue weighted by Gasteiger charge is -2.21. The third kappa shape index (κ3) is 6.68. The number of hydrazine groups is 1. The van der Waals surface area contributed by atoms with Crippen LogP contribution in [0.5, 0.6) is 0 Å². The van der Waals surface area contributed by atoms with Gasteiger partial charge in [-0.1, -0.05) is 6.42 Å². The number of aromatic nitrogens is 2. The summed E-state index contributed by atoms with van der Waals surface area (Å²) >= 11 is 0. The van der Waals surface area contributed by atoms with Crippen molar-refractivity contribution in [2.45, 2.75) is 26.2 Å². The molecule has 1 aliphatic carbocycles. The fraction of sp³-hybridized carbons (Fsp3) is 0.375. The highest BCUT2D eigenvalue weighted by Crippen LogP contribution is 2.25. The Morgan fingerprint density at radius 1 is 1.33 bits per heavy atom. The third-order valence-corrected chi connectivity index (χ3v) is 5.91. The summed E-state index contributed by atoms with van der Waals surface area (Å²) in [6.07, 6.45) is 7.08. The van der Waals surface area contributed by atoms with Gasteiger partial charge in [0.05, 0.1) is 29.4 Å². The second-order valence-electron chi connectivity index (χ2n) is 8.43. The number of ether oxygens (including phenoxy) is 1. The van der Waals surface area contributed by atoms with Crippen LogP contribution in [0, 0.1) is 18.7 Å². The van der Waals surface area contributed by atoms with Crippen molar-refractivity contribution in [1.29, 1.82) is 0 Å². The molecular formula is C24H33FN8O3. The smallest absolute Gasteiger partial charge is 0.259 e. The van der Waals surface area contributed by atoms with Crippen molar-refractivity contribution in [3.05, 3.63) is 59.2 Å². The van der Waals surface area contributed by atoms with Gasteiger partial charge in [0.1, 0.15) is 5.82 Å². The molecule has 12 heteroatoms. The number of amidine groups is 1. The van der Waals surface area contributed by atoms with Crippen molar-refractivity contribution in [3.8, 4) is 0 Å². The number of hydrogen-bond acceptors (Lipinski definition) is 8. The van der Waals surface area contributed by atoms with Gasteiger partial charge in [0.2, 0.25) is 0 Å². The molecule has 36 heavy (non-hydrogen) atoms. The molecule has 8 N–H and O–H groups in total. The maximum Gasteiger partial charge on any atom is 0.259 e. The van der Waals surface area contributed by atoms with Gasteiger partial charge in [0, 0.05) is 37.8 Å². The quantitative estimate of drug-likeness (QED) is 0.0853. The molecule has 1 aliphatic rings. The molecule has 1 saturated carbocycles. The summed E-state index contributed by atoms with van der Waals surface area (Å²) in [5.41, 5.74) is 10.5. The standard InChI is InChI=1S/C19H23FN8O2.C5H10O/c1-11-7-15(20)13(18(21)26-27-22)9-16(11)25-19(29)14-10-24-28-5-3-12(8-17(14)28)23-4-6-30-2;6-4-5-2-1-3-5/h3,5,7-10,23,27H,4,6,22H2,1-2H3,(H2,21,26)(H,25,29);5-6H,1-4H2. The van der Waals surface area contributed by atoms with Gasteiger partial charge < -0.3 is 26.2 Å². The number of methoxy groups -OCH3 is 1. The number of benzene rings is 1. The van der Waals surface area contributed by atoms with E-state index in [0.717, 1.165) is 5.69 Å². The first-order valence-electron chi connectivity index (χ1n) is 11.6. The molecule has 0 aliphatic heterocycles. The number of aliphatic hydroxyl groups excluding tert-OH is 1. The second kappa shape index (κ2) is 12.8. The third-order valence-electron chi connectivity index (χ3n) is 5.91. The molecule has 2 heterocycles. The van der Waals surface area contributed by atoms with E-state index >= 15 is 0 Å². The number of aliphatic hydroxyl groups is 1. The van der Waals surface area contributed by atoms with Crippen LogP contribution >= 0.6 is 0 Å². The van der Waals surface area contributed by atoms with E-state index in [0.29, 0.717) is 48.0 Å². The van der Waals surface area contributed by atoms with Crippen LogP contribution in [0.25, 0.3) is 5.52 Å². The van der Waals surface area contributed by atoms with Crippen LogP contribution in [0.3, 0.4) is 0 Å². The van der Waals surface area contributed by atoms with Crippen LogP contribution in [-0.2, 0) is 4.74 Å². The van der Waals surface area contributed by atoms with Crippen LogP contribution in [0.4, 0.5) is 15.8 Å². The highest BCUT2D eigenvalue weighted by atomic mass is 19.1. The molecule has 1 amide bonds. The van der Waals surface area contributed by atoms with Gasteiger partial charge in [-0.15, -0.1) is 5.10 Å². The van der Waals surface area contributed by atoms with Crippen LogP contribution in [0.15, 0.2) is 41.8 Å². The van der Waals surface area contributed by atoms with E-state index in [9.17, 15) is 9.18 Å². The van der Waals surface area contributed by atoms with Gasteiger partial charge in [0.15, 0.2) is 5.84 Å². The number of amides is 1. The Morgan fingerprint density at radius 3 is 2.72 bits per heavy atom. The molecule has 0 atom stereocenters. The summed E-state index contributed by atoms with van der Waals surface area (Å²) < 4.78 is 20.8. The SMILES string of the molecule is COCCNc1ccn2ncc(C(=O)Nc3cc(/C(N)=N/NN)c(F)cc3C)c2c1.OCC1CCC1. The van der Waals surface area contributed by atoms with Crippen molar-refractivity contribution in [3.63, 3.8) is 0 Å². The highest BCUT2D eigenvalue weighted by Gasteiger charge is 2.17. The molecule has 0 radical (unpaired) electrons. The number of nitrogens with one attached hydrogen (secondary N) is 3. The second-order valence-corrected chi connectivity index (χ2v) is 8.43. The zero-order chi connectivity index (χ0) is 26.1. The molecular weight excluding hydrogens is 467 g/mol. The minimum Gasteiger partial charge on any atom is -0.396 e. The van der Waals surface area contributed by atoms with Gasteiger partial charge in [-0.25, -0.2) is 20.3 Å². The van der Waals surface area contributed by atoms with Crippen molar-refractivity contribution in [1.82, 2.24) is 15.1 Å². The Bertz CT molecular complexity index is 1210. The molecule has 0 unspecified atom stereocenters. The van der Waals surface area contributed by atoms with Crippen molar-refractivity contribution >= 4 is 28.6 Å². The summed E-state index contributed by atoms with van der Waals surface area (Å²) in [5.74, 6) is 4.65. The van der Waals surface area contributed by atoms with E-state index in [1.54, 1.807) is 24.7 Å². The van der Waals surface area contributed by atoms with Crippen molar-refractivity contribution < 1.29 is 19.0 Å². The van der Waals surface area contributed by atoms with Gasteiger partial charge in [-0.2, -0.15) is 5.10 Å². The average Bonchev–Trinajstić information content (AvgIpc) is 3.24. The topological polar surface area (TPSA) is 164 Å². The minimum atomic E-state index is -0.579. The number of pyridine rings is 1. The van der Waals surface area contributed by atoms with Crippen molar-refractivity contribution in [2.75, 3.05) is 37.5 Å². The van der Waals surface area contributed by atoms with E-state index in [4.69, 9.17) is 21.4 Å². The van der Waals surface area contributed by atoms with Gasteiger partial charge in [-0.05, 0) is 55.5 Å². The number of nitrogens with zero attached hydrogens (tertiary/aromatic N) is 3. The Labute approximate surface area is 208 Å². The number of carbonyl (C=O) groups excluding carboxylic acids is 1. The molecule has 0 saturated heterocycles. The molecule has 3 aromatic rings. The first kappa shape index (κ1) is 26.9. The number of aryl methyl sites for hydroxylation is 1. The molecule has 11 nitrogen and oxygen atoms in total. The van der Waals surface area contributed by atoms with Crippen LogP contribution < -0.4 is 27.7 Å². The average molecular weight is 501 g/mol. The lowest BCUT2D eigenvalue weighted by atomic mass is 9.86. The van der Waals surface area contributed by atoms with Crippen LogP contribution in [0.1, 0.15) is 40.7 Å². The summed E-state index contributed by atoms with van der Waals surface area (Å²) in [7, 11) is 1.62. The Hall–Kier alpha value is -3.74. The summed E-state index contributed by atoms with van der Waals surface area (Å²) in [5, 5.41) is 22.2. The van der Waals surface area contributed by atoms with Crippen LogP contribution in [-0.4, -0.2) is 53.3 Å². The zero-order valence-electron chi connectivity index (χ0n) is 20.4. The fourth-order valence-electron chi connectivity index (χ4n) is 3.56. The first-order valence-corrected chi connectivity index (χ1v) is 11.6. The predicted octanol–water partition coefficient (Wildman–Crippen LogP) is 1.95. The number of nitrogens with two attached hydrogens (primary N) is 2. The van der Waals surface area contributed by atoms with E-state index in [-0.39, 0.29) is 11.4 Å². The number of carbonyl (C=O) groups is 1. The Balaban J connectivity index is 0.000000526. The van der Waals surface area contributed by atoms with Gasteiger partial charge >= 0.3 is 0 Å². The molecule has 0 spiro atoms. The summed E-state index contributed by atoms with van der Waals surface area (Å²) in [4.78, 5) is 12.9. The summed E-state index contributed by atoms with van der Waals surface area (Å²) in [6.45, 7) is 3.27. The highest BCUT2D eigenvalue weighted by molar-refractivity contribution is 6.10. The van der Waals surface area contributed by atoms with E-state index < -0.39 is 11.7 Å². The van der Waals surface area contributed by atoms with E-state index in [1.807, 2.05) is 17.7 Å². The maximum atomic E-state index is 14.2. The van der Waals surface area contributed by atoms with Gasteiger partial charge in [-0.3, -0.25) is 4.79 Å². The van der Waals surface area contributed by atoms with Crippen LogP contribution in [0.2, 0.25) is 0 Å². The maximum absolute atomic E-state index is 14.2. The Morgan fingerprint density at radius 2 is 2.11 bits per heavy atom. The van der Waals surface area contributed by atoms with E-state index in [1.165, 1.54) is 37.6 Å². The number of hydrazone groups is 1. The molecule has 2 aromatic heterocycles. The van der Waals surface area contributed by atoms with Crippen molar-refractivity contribution in [2.24, 2.45) is 22.6 Å². The monoisotopic (exact) mass is 500 g/mol. The molecule has 1 fully saturated rings. The number of fused-ring (bicyclic) bond motifs is 1. The zero-order valence-corrected chi connectivity index (χ0v) is 20.4. The lowest BCUT2D eigenvalue weighted by Crippen LogP contribution is -2.24. The normalized spacial score (nSPS) is 13.5. The van der Waals surface area contributed by atoms with E-state index in [2.05, 4.69) is 20.8 Å². The number of anilines is 2. The molecule has 4 rings (SSSR count). The first-order chi connectivity index (χ1) is 17.4. The summed E-state index contributed by atoms with van der Waals surface area (Å²) in [6, 6.07) is 6.33. The van der Waals surface area contributed by atoms with Gasteiger partial charge in [0.25, 0.3) is 5.91 Å². The fourth-order valence-corrected chi connectivity index (χ4v) is 3.56. The molecule has 1 aromatic carbocycles. The lowest BCUT2D eigenvalue weighted by molar-refractivity contribution is 0.102. The number of hydrogen-bond donors (Lipinski definition) is 6. The Kier molecular flexibility index (Phi) is 9.56. The molecule has 0 bridgehead atoms.